The average Bonchev–Trinajstić information content (AvgIpc) is 3.55. The van der Waals surface area contributed by atoms with Crippen LogP contribution in [-0.4, -0.2) is 67.5 Å². The van der Waals surface area contributed by atoms with Crippen LogP contribution in [-0.2, 0) is 0 Å². The van der Waals surface area contributed by atoms with Gasteiger partial charge in [0.2, 0.25) is 10.1 Å². The molecule has 1 aromatic carbocycles. The Labute approximate surface area is 196 Å². The summed E-state index contributed by atoms with van der Waals surface area (Å²) in [7, 11) is 1.69. The lowest BCUT2D eigenvalue weighted by atomic mass is 9.98. The van der Waals surface area contributed by atoms with Crippen LogP contribution in [0.25, 0.3) is 0 Å². The van der Waals surface area contributed by atoms with Crippen molar-refractivity contribution in [3.05, 3.63) is 53.3 Å². The van der Waals surface area contributed by atoms with Gasteiger partial charge in [-0.3, -0.25) is 9.78 Å². The number of carbonyl (C=O) groups is 1. The summed E-state index contributed by atoms with van der Waals surface area (Å²) in [6.45, 7) is 5.34. The van der Waals surface area contributed by atoms with Gasteiger partial charge in [0, 0.05) is 51.4 Å². The number of nitrogens with zero attached hydrogens (tertiary/aromatic N) is 5. The van der Waals surface area contributed by atoms with Gasteiger partial charge < -0.3 is 25.2 Å². The number of methoxy groups -OCH3 is 1. The van der Waals surface area contributed by atoms with Crippen LogP contribution in [0.2, 0.25) is 0 Å². The summed E-state index contributed by atoms with van der Waals surface area (Å²) < 4.78 is 5.36. The van der Waals surface area contributed by atoms with Crippen molar-refractivity contribution in [2.45, 2.75) is 12.3 Å². The Morgan fingerprint density at radius 1 is 1.18 bits per heavy atom. The fourth-order valence-corrected chi connectivity index (χ4v) is 5.15. The number of hydrogen-bond acceptors (Lipinski definition) is 9. The first-order valence-corrected chi connectivity index (χ1v) is 12.0. The molecule has 2 N–H and O–H groups in total. The molecule has 172 valence electrons. The Morgan fingerprint density at radius 2 is 2.06 bits per heavy atom. The molecule has 1 unspecified atom stereocenters. The first-order valence-electron chi connectivity index (χ1n) is 11.1. The highest BCUT2D eigenvalue weighted by molar-refractivity contribution is 7.17. The lowest BCUT2D eigenvalue weighted by molar-refractivity contribution is 0.102. The maximum absolute atomic E-state index is 12.9. The third-order valence-electron chi connectivity index (χ3n) is 6.14. The monoisotopic (exact) mass is 465 g/mol. The lowest BCUT2D eigenvalue weighted by Gasteiger charge is -2.30. The van der Waals surface area contributed by atoms with Gasteiger partial charge in [0.15, 0.2) is 0 Å². The van der Waals surface area contributed by atoms with Crippen molar-refractivity contribution < 1.29 is 9.53 Å². The van der Waals surface area contributed by atoms with E-state index in [4.69, 9.17) is 4.74 Å². The highest BCUT2D eigenvalue weighted by Gasteiger charge is 2.27. The van der Waals surface area contributed by atoms with Gasteiger partial charge in [-0.1, -0.05) is 23.5 Å². The topological polar surface area (TPSA) is 95.5 Å². The SMILES string of the molecule is COc1cccc(C2CCN(c3nnc(C(=O)Nc4cnccc4N4CCNCC4)s3)C2)c1. The number of benzene rings is 1. The Kier molecular flexibility index (Phi) is 6.36. The average molecular weight is 466 g/mol. The minimum atomic E-state index is -0.258. The van der Waals surface area contributed by atoms with Crippen molar-refractivity contribution in [1.82, 2.24) is 20.5 Å². The molecule has 4 heterocycles. The molecule has 1 atom stereocenters. The minimum Gasteiger partial charge on any atom is -0.497 e. The molecule has 5 rings (SSSR count). The molecule has 3 aromatic rings. The van der Waals surface area contributed by atoms with Gasteiger partial charge in [-0.15, -0.1) is 10.2 Å². The molecule has 0 radical (unpaired) electrons. The number of carbonyl (C=O) groups excluding carboxylic acids is 1. The zero-order chi connectivity index (χ0) is 22.6. The van der Waals surface area contributed by atoms with Crippen LogP contribution in [0.15, 0.2) is 42.7 Å². The third-order valence-corrected chi connectivity index (χ3v) is 7.12. The minimum absolute atomic E-state index is 0.258. The van der Waals surface area contributed by atoms with Gasteiger partial charge in [0.05, 0.1) is 24.7 Å². The van der Waals surface area contributed by atoms with E-state index in [1.54, 1.807) is 19.5 Å². The van der Waals surface area contributed by atoms with E-state index < -0.39 is 0 Å². The van der Waals surface area contributed by atoms with Gasteiger partial charge in [0.1, 0.15) is 5.75 Å². The predicted octanol–water partition coefficient (Wildman–Crippen LogP) is 2.60. The lowest BCUT2D eigenvalue weighted by Crippen LogP contribution is -2.43. The van der Waals surface area contributed by atoms with Crippen molar-refractivity contribution in [2.75, 3.05) is 61.5 Å². The quantitative estimate of drug-likeness (QED) is 0.574. The summed E-state index contributed by atoms with van der Waals surface area (Å²) in [6, 6.07) is 10.2. The summed E-state index contributed by atoms with van der Waals surface area (Å²) in [5.41, 5.74) is 2.93. The highest BCUT2D eigenvalue weighted by atomic mass is 32.1. The number of rotatable bonds is 6. The summed E-state index contributed by atoms with van der Waals surface area (Å²) in [5, 5.41) is 15.9. The molecular weight excluding hydrogens is 438 g/mol. The molecule has 10 heteroatoms. The molecule has 2 aliphatic rings. The van der Waals surface area contributed by atoms with E-state index in [9.17, 15) is 4.79 Å². The molecule has 2 aliphatic heterocycles. The molecule has 9 nitrogen and oxygen atoms in total. The maximum atomic E-state index is 12.9. The van der Waals surface area contributed by atoms with Crippen molar-refractivity contribution in [3.63, 3.8) is 0 Å². The molecule has 2 fully saturated rings. The van der Waals surface area contributed by atoms with E-state index in [-0.39, 0.29) is 5.91 Å². The van der Waals surface area contributed by atoms with Gasteiger partial charge in [-0.25, -0.2) is 0 Å². The Morgan fingerprint density at radius 3 is 2.91 bits per heavy atom. The largest absolute Gasteiger partial charge is 0.497 e. The van der Waals surface area contributed by atoms with E-state index in [1.807, 2.05) is 18.2 Å². The smallest absolute Gasteiger partial charge is 0.286 e. The second-order valence-electron chi connectivity index (χ2n) is 8.18. The maximum Gasteiger partial charge on any atom is 0.286 e. The van der Waals surface area contributed by atoms with E-state index >= 15 is 0 Å². The Balaban J connectivity index is 1.25. The normalized spacial score (nSPS) is 18.4. The Bertz CT molecular complexity index is 1120. The fourth-order valence-electron chi connectivity index (χ4n) is 4.38. The van der Waals surface area contributed by atoms with Crippen molar-refractivity contribution in [2.24, 2.45) is 0 Å². The number of anilines is 3. The van der Waals surface area contributed by atoms with Crippen LogP contribution in [0.5, 0.6) is 5.75 Å². The van der Waals surface area contributed by atoms with Crippen LogP contribution in [0.1, 0.15) is 27.7 Å². The Hall–Kier alpha value is -3.24. The zero-order valence-electron chi connectivity index (χ0n) is 18.5. The van der Waals surface area contributed by atoms with Gasteiger partial charge in [-0.05, 0) is 30.2 Å². The zero-order valence-corrected chi connectivity index (χ0v) is 19.3. The number of aromatic nitrogens is 3. The first-order chi connectivity index (χ1) is 16.2. The molecular formula is C23H27N7O2S. The summed E-state index contributed by atoms with van der Waals surface area (Å²) in [5.74, 6) is 1.02. The van der Waals surface area contributed by atoms with Crippen molar-refractivity contribution >= 4 is 33.8 Å². The number of piperazine rings is 1. The van der Waals surface area contributed by atoms with E-state index in [1.165, 1.54) is 16.9 Å². The van der Waals surface area contributed by atoms with Gasteiger partial charge in [-0.2, -0.15) is 0 Å². The number of ether oxygens (including phenoxy) is 1. The molecule has 2 saturated heterocycles. The van der Waals surface area contributed by atoms with Crippen LogP contribution in [0, 0.1) is 0 Å². The standard InChI is InChI=1S/C23H27N7O2S/c1-32-18-4-2-3-16(13-18)17-6-10-30(15-17)23-28-27-22(33-23)21(31)26-19-14-25-7-5-20(19)29-11-8-24-9-12-29/h2-5,7,13-14,17,24H,6,8-12,15H2,1H3,(H,26,31). The molecule has 2 aromatic heterocycles. The van der Waals surface area contributed by atoms with E-state index in [0.29, 0.717) is 16.6 Å². The molecule has 0 aliphatic carbocycles. The first kappa shape index (κ1) is 21.6. The summed E-state index contributed by atoms with van der Waals surface area (Å²) >= 11 is 1.33. The number of pyridine rings is 1. The third kappa shape index (κ3) is 4.76. The number of nitrogens with one attached hydrogen (secondary N) is 2. The number of hydrogen-bond donors (Lipinski definition) is 2. The van der Waals surface area contributed by atoms with Crippen LogP contribution < -0.4 is 25.2 Å². The van der Waals surface area contributed by atoms with Crippen molar-refractivity contribution in [3.8, 4) is 5.75 Å². The van der Waals surface area contributed by atoms with Crippen LogP contribution >= 0.6 is 11.3 Å². The van der Waals surface area contributed by atoms with Crippen LogP contribution in [0.3, 0.4) is 0 Å². The van der Waals surface area contributed by atoms with E-state index in [2.05, 4.69) is 47.7 Å². The van der Waals surface area contributed by atoms with Crippen molar-refractivity contribution in [1.29, 1.82) is 0 Å². The van der Waals surface area contributed by atoms with Gasteiger partial charge in [0.25, 0.3) is 5.91 Å². The fraction of sp³-hybridized carbons (Fsp3) is 0.391. The second kappa shape index (κ2) is 9.72. The molecule has 0 saturated carbocycles. The van der Waals surface area contributed by atoms with Crippen LogP contribution in [0.4, 0.5) is 16.5 Å². The number of amides is 1. The predicted molar refractivity (Wildman–Crippen MR) is 130 cm³/mol. The molecule has 1 amide bonds. The van der Waals surface area contributed by atoms with Gasteiger partial charge >= 0.3 is 0 Å². The van der Waals surface area contributed by atoms with E-state index in [0.717, 1.165) is 62.3 Å². The second-order valence-corrected chi connectivity index (χ2v) is 9.14. The molecule has 0 bridgehead atoms. The molecule has 33 heavy (non-hydrogen) atoms. The highest BCUT2D eigenvalue weighted by Crippen LogP contribution is 2.34. The summed E-state index contributed by atoms with van der Waals surface area (Å²) in [6.07, 6.45) is 4.47. The molecule has 0 spiro atoms. The summed E-state index contributed by atoms with van der Waals surface area (Å²) in [4.78, 5) is 21.6.